The maximum atomic E-state index is 13.8. The number of benzene rings is 3. The number of anilines is 2. The van der Waals surface area contributed by atoms with Gasteiger partial charge in [0.1, 0.15) is 5.70 Å². The smallest absolute Gasteiger partial charge is 0.282 e. The fourth-order valence-electron chi connectivity index (χ4n) is 3.81. The second kappa shape index (κ2) is 8.04. The number of halogens is 2. The number of carbonyl (C=O) groups is 2. The van der Waals surface area contributed by atoms with Gasteiger partial charge in [0.05, 0.1) is 11.3 Å². The topological polar surface area (TPSA) is 49.4 Å². The lowest BCUT2D eigenvalue weighted by molar-refractivity contribution is -0.120. The van der Waals surface area contributed by atoms with Gasteiger partial charge >= 0.3 is 0 Å². The molecule has 162 valence electrons. The molecule has 0 aromatic heterocycles. The number of carbonyl (C=O) groups excluding carboxylic acids is 2. The Morgan fingerprint density at radius 1 is 0.719 bits per heavy atom. The van der Waals surface area contributed by atoms with Gasteiger partial charge in [-0.15, -0.1) is 0 Å². The zero-order valence-electron chi connectivity index (χ0n) is 18.2. The molecular formula is C26H22F2N2O2. The van der Waals surface area contributed by atoms with Crippen LogP contribution >= 0.6 is 0 Å². The van der Waals surface area contributed by atoms with Crippen molar-refractivity contribution in [2.45, 2.75) is 27.7 Å². The highest BCUT2D eigenvalue weighted by Gasteiger charge is 2.40. The Morgan fingerprint density at radius 3 is 2.12 bits per heavy atom. The molecule has 0 aliphatic carbocycles. The lowest BCUT2D eigenvalue weighted by Crippen LogP contribution is -2.32. The number of rotatable bonds is 4. The fourth-order valence-corrected chi connectivity index (χ4v) is 3.81. The van der Waals surface area contributed by atoms with Crippen molar-refractivity contribution in [2.75, 3.05) is 10.2 Å². The van der Waals surface area contributed by atoms with E-state index in [0.717, 1.165) is 39.3 Å². The fraction of sp³-hybridized carbons (Fsp3) is 0.154. The summed E-state index contributed by atoms with van der Waals surface area (Å²) in [7, 11) is 0. The van der Waals surface area contributed by atoms with Crippen LogP contribution in [-0.2, 0) is 9.59 Å². The minimum absolute atomic E-state index is 0.0196. The Balaban J connectivity index is 1.87. The number of nitrogens with one attached hydrogen (secondary N) is 1. The normalized spacial score (nSPS) is 13.9. The molecule has 0 spiro atoms. The molecule has 1 N–H and O–H groups in total. The third-order valence-corrected chi connectivity index (χ3v) is 5.67. The van der Waals surface area contributed by atoms with E-state index in [1.54, 1.807) is 18.2 Å². The van der Waals surface area contributed by atoms with Crippen molar-refractivity contribution in [3.05, 3.63) is 99.7 Å². The Kier molecular flexibility index (Phi) is 5.38. The molecule has 0 bridgehead atoms. The first-order valence-corrected chi connectivity index (χ1v) is 10.2. The van der Waals surface area contributed by atoms with Gasteiger partial charge in [-0.1, -0.05) is 29.8 Å². The SMILES string of the molecule is Cc1ccc(C2=C(Nc3ccc(F)c(F)c3)C(=O)N(c3ccc(C)c(C)c3)C2=O)c(C)c1. The first-order chi connectivity index (χ1) is 15.2. The van der Waals surface area contributed by atoms with Gasteiger partial charge in [-0.05, 0) is 74.2 Å². The molecule has 3 aromatic carbocycles. The van der Waals surface area contributed by atoms with Gasteiger partial charge in [-0.2, -0.15) is 0 Å². The molecule has 1 aliphatic rings. The van der Waals surface area contributed by atoms with Crippen LogP contribution in [0.25, 0.3) is 5.57 Å². The van der Waals surface area contributed by atoms with Crippen molar-refractivity contribution in [1.82, 2.24) is 0 Å². The summed E-state index contributed by atoms with van der Waals surface area (Å²) >= 11 is 0. The van der Waals surface area contributed by atoms with Crippen molar-refractivity contribution >= 4 is 28.8 Å². The summed E-state index contributed by atoms with van der Waals surface area (Å²) in [5, 5.41) is 2.87. The average molecular weight is 432 g/mol. The Labute approximate surface area is 185 Å². The first-order valence-electron chi connectivity index (χ1n) is 10.2. The average Bonchev–Trinajstić information content (AvgIpc) is 2.97. The maximum absolute atomic E-state index is 13.8. The van der Waals surface area contributed by atoms with Gasteiger partial charge in [0.15, 0.2) is 11.6 Å². The van der Waals surface area contributed by atoms with Crippen molar-refractivity contribution < 1.29 is 18.4 Å². The summed E-state index contributed by atoms with van der Waals surface area (Å²) in [6, 6.07) is 14.2. The molecule has 0 unspecified atom stereocenters. The first kappa shape index (κ1) is 21.4. The molecule has 2 amide bonds. The Bertz CT molecular complexity index is 1310. The number of hydrogen-bond donors (Lipinski definition) is 1. The van der Waals surface area contributed by atoms with E-state index < -0.39 is 23.4 Å². The molecule has 3 aromatic rings. The molecule has 6 heteroatoms. The highest BCUT2D eigenvalue weighted by atomic mass is 19.2. The zero-order chi connectivity index (χ0) is 23.2. The van der Waals surface area contributed by atoms with Crippen molar-refractivity contribution in [3.63, 3.8) is 0 Å². The van der Waals surface area contributed by atoms with Crippen molar-refractivity contribution in [3.8, 4) is 0 Å². The molecule has 1 heterocycles. The van der Waals surface area contributed by atoms with Crippen LogP contribution in [0.3, 0.4) is 0 Å². The number of amides is 2. The van der Waals surface area contributed by atoms with Crippen LogP contribution in [0.2, 0.25) is 0 Å². The van der Waals surface area contributed by atoms with Crippen molar-refractivity contribution in [2.24, 2.45) is 0 Å². The highest BCUT2D eigenvalue weighted by Crippen LogP contribution is 2.36. The summed E-state index contributed by atoms with van der Waals surface area (Å²) < 4.78 is 27.2. The molecule has 32 heavy (non-hydrogen) atoms. The summed E-state index contributed by atoms with van der Waals surface area (Å²) in [6.45, 7) is 7.65. The summed E-state index contributed by atoms with van der Waals surface area (Å²) in [5.41, 5.74) is 5.26. The molecule has 4 nitrogen and oxygen atoms in total. The third kappa shape index (κ3) is 3.68. The standard InChI is InChI=1S/C26H22F2N2O2/c1-14-5-9-20(17(4)11-14)23-24(29-18-7-10-21(27)22(28)13-18)26(32)30(25(23)31)19-8-6-15(2)16(3)12-19/h5-13,29H,1-4H3. The van der Waals surface area contributed by atoms with Gasteiger partial charge < -0.3 is 5.32 Å². The highest BCUT2D eigenvalue weighted by molar-refractivity contribution is 6.46. The van der Waals surface area contributed by atoms with E-state index in [4.69, 9.17) is 0 Å². The van der Waals surface area contributed by atoms with Gasteiger partial charge in [0, 0.05) is 11.8 Å². The molecule has 0 saturated carbocycles. The van der Waals surface area contributed by atoms with E-state index >= 15 is 0 Å². The largest absolute Gasteiger partial charge is 0.350 e. The molecule has 0 radical (unpaired) electrons. The molecule has 0 saturated heterocycles. The molecule has 1 aliphatic heterocycles. The number of imide groups is 1. The predicted molar refractivity (Wildman–Crippen MR) is 121 cm³/mol. The monoisotopic (exact) mass is 432 g/mol. The quantitative estimate of drug-likeness (QED) is 0.547. The van der Waals surface area contributed by atoms with E-state index in [-0.39, 0.29) is 17.0 Å². The minimum Gasteiger partial charge on any atom is -0.350 e. The lowest BCUT2D eigenvalue weighted by Gasteiger charge is -2.17. The summed E-state index contributed by atoms with van der Waals surface area (Å²) in [6.07, 6.45) is 0. The zero-order valence-corrected chi connectivity index (χ0v) is 18.2. The molecule has 0 fully saturated rings. The molecular weight excluding hydrogens is 410 g/mol. The molecule has 4 rings (SSSR count). The van der Waals surface area contributed by atoms with E-state index in [1.165, 1.54) is 6.07 Å². The predicted octanol–water partition coefficient (Wildman–Crippen LogP) is 5.60. The van der Waals surface area contributed by atoms with Crippen LogP contribution in [-0.4, -0.2) is 11.8 Å². The number of hydrogen-bond acceptors (Lipinski definition) is 3. The van der Waals surface area contributed by atoms with E-state index in [9.17, 15) is 18.4 Å². The third-order valence-electron chi connectivity index (χ3n) is 5.67. The Hall–Kier alpha value is -3.80. The van der Waals surface area contributed by atoms with E-state index in [1.807, 2.05) is 45.9 Å². The second-order valence-corrected chi connectivity index (χ2v) is 8.04. The summed E-state index contributed by atoms with van der Waals surface area (Å²) in [5.74, 6) is -3.08. The van der Waals surface area contributed by atoms with Crippen LogP contribution in [0, 0.1) is 39.3 Å². The van der Waals surface area contributed by atoms with Crippen molar-refractivity contribution in [1.29, 1.82) is 0 Å². The van der Waals surface area contributed by atoms with Crippen LogP contribution in [0.15, 0.2) is 60.3 Å². The van der Waals surface area contributed by atoms with Gasteiger partial charge in [-0.25, -0.2) is 13.7 Å². The van der Waals surface area contributed by atoms with Gasteiger partial charge in [0.2, 0.25) is 0 Å². The number of aryl methyl sites for hydroxylation is 4. The second-order valence-electron chi connectivity index (χ2n) is 8.04. The van der Waals surface area contributed by atoms with Crippen LogP contribution in [0.5, 0.6) is 0 Å². The van der Waals surface area contributed by atoms with Gasteiger partial charge in [0.25, 0.3) is 11.8 Å². The maximum Gasteiger partial charge on any atom is 0.282 e. The minimum atomic E-state index is -1.05. The molecule has 0 atom stereocenters. The van der Waals surface area contributed by atoms with Crippen LogP contribution < -0.4 is 10.2 Å². The van der Waals surface area contributed by atoms with E-state index in [0.29, 0.717) is 11.3 Å². The van der Waals surface area contributed by atoms with Crippen LogP contribution in [0.4, 0.5) is 20.2 Å². The van der Waals surface area contributed by atoms with E-state index in [2.05, 4.69) is 5.32 Å². The summed E-state index contributed by atoms with van der Waals surface area (Å²) in [4.78, 5) is 28.1. The van der Waals surface area contributed by atoms with Gasteiger partial charge in [-0.3, -0.25) is 9.59 Å². The lowest BCUT2D eigenvalue weighted by atomic mass is 9.97. The Morgan fingerprint density at radius 2 is 1.47 bits per heavy atom. The number of nitrogens with zero attached hydrogens (tertiary/aromatic N) is 1. The van der Waals surface area contributed by atoms with Crippen LogP contribution in [0.1, 0.15) is 27.8 Å².